The van der Waals surface area contributed by atoms with Gasteiger partial charge in [-0.15, -0.1) is 0 Å². The first-order valence-corrected chi connectivity index (χ1v) is 7.72. The zero-order chi connectivity index (χ0) is 13.1. The van der Waals surface area contributed by atoms with Crippen molar-refractivity contribution in [3.8, 4) is 0 Å². The lowest BCUT2D eigenvalue weighted by Crippen LogP contribution is -2.54. The van der Waals surface area contributed by atoms with Gasteiger partial charge in [-0.05, 0) is 26.2 Å². The monoisotopic (exact) mass is 263 g/mol. The van der Waals surface area contributed by atoms with Gasteiger partial charge in [0, 0.05) is 19.1 Å². The largest absolute Gasteiger partial charge is 0.337 e. The summed E-state index contributed by atoms with van der Waals surface area (Å²) in [6.45, 7) is 2.65. The second-order valence-corrected chi connectivity index (χ2v) is 6.31. The highest BCUT2D eigenvalue weighted by Gasteiger charge is 2.29. The molecule has 3 N–H and O–H groups in total. The van der Waals surface area contributed by atoms with E-state index in [4.69, 9.17) is 5.73 Å². The molecule has 1 rings (SSSR count). The molecule has 0 aromatic carbocycles. The Bertz CT molecular complexity index is 369. The molecule has 0 saturated carbocycles. The first-order chi connectivity index (χ1) is 7.85. The lowest BCUT2D eigenvalue weighted by Gasteiger charge is -2.36. The molecule has 17 heavy (non-hydrogen) atoms. The highest BCUT2D eigenvalue weighted by molar-refractivity contribution is 7.88. The number of hydrogen-bond donors (Lipinski definition) is 2. The molecule has 1 aliphatic rings. The number of nitrogens with one attached hydrogen (secondary N) is 1. The fraction of sp³-hybridized carbons (Fsp3) is 0.900. The summed E-state index contributed by atoms with van der Waals surface area (Å²) in [5, 5.41) is 0. The van der Waals surface area contributed by atoms with E-state index in [9.17, 15) is 13.2 Å². The Morgan fingerprint density at radius 1 is 1.53 bits per heavy atom. The molecule has 1 fully saturated rings. The minimum Gasteiger partial charge on any atom is -0.337 e. The van der Waals surface area contributed by atoms with Crippen LogP contribution >= 0.6 is 0 Å². The van der Waals surface area contributed by atoms with E-state index >= 15 is 0 Å². The van der Waals surface area contributed by atoms with E-state index in [1.54, 1.807) is 11.8 Å². The number of carbonyl (C=O) groups excluding carboxylic acids is 1. The molecule has 1 aliphatic heterocycles. The van der Waals surface area contributed by atoms with Crippen LogP contribution in [0.2, 0.25) is 0 Å². The third-order valence-corrected chi connectivity index (χ3v) is 3.73. The van der Waals surface area contributed by atoms with Crippen molar-refractivity contribution in [3.05, 3.63) is 0 Å². The number of sulfonamides is 1. The number of rotatable bonds is 4. The molecule has 6 nitrogen and oxygen atoms in total. The summed E-state index contributed by atoms with van der Waals surface area (Å²) in [5.74, 6) is -0.189. The molecule has 0 spiro atoms. The average Bonchev–Trinajstić information content (AvgIpc) is 2.25. The number of piperidine rings is 1. The maximum absolute atomic E-state index is 12.1. The molecule has 1 heterocycles. The summed E-state index contributed by atoms with van der Waals surface area (Å²) in [6, 6.07) is -0.683. The summed E-state index contributed by atoms with van der Waals surface area (Å²) >= 11 is 0. The molecule has 2 atom stereocenters. The quantitative estimate of drug-likeness (QED) is 0.699. The Labute approximate surface area is 103 Å². The number of likely N-dealkylation sites (tertiary alicyclic amines) is 1. The van der Waals surface area contributed by atoms with Crippen molar-refractivity contribution in [1.29, 1.82) is 0 Å². The van der Waals surface area contributed by atoms with Gasteiger partial charge >= 0.3 is 0 Å². The van der Waals surface area contributed by atoms with Crippen molar-refractivity contribution in [2.75, 3.05) is 19.3 Å². The third-order valence-electron chi connectivity index (χ3n) is 2.94. The molecular weight excluding hydrogens is 242 g/mol. The molecule has 0 bridgehead atoms. The van der Waals surface area contributed by atoms with Crippen LogP contribution in [0.3, 0.4) is 0 Å². The van der Waals surface area contributed by atoms with Crippen LogP contribution in [0.15, 0.2) is 0 Å². The first-order valence-electron chi connectivity index (χ1n) is 5.83. The molecule has 7 heteroatoms. The van der Waals surface area contributed by atoms with E-state index in [-0.39, 0.29) is 11.9 Å². The van der Waals surface area contributed by atoms with Gasteiger partial charge in [-0.2, -0.15) is 0 Å². The fourth-order valence-electron chi connectivity index (χ4n) is 2.16. The zero-order valence-corrected chi connectivity index (χ0v) is 11.2. The zero-order valence-electron chi connectivity index (χ0n) is 10.3. The second kappa shape index (κ2) is 5.79. The van der Waals surface area contributed by atoms with Crippen LogP contribution in [-0.2, 0) is 14.8 Å². The maximum Gasteiger partial charge on any atom is 0.240 e. The van der Waals surface area contributed by atoms with Gasteiger partial charge in [0.05, 0.1) is 12.3 Å². The van der Waals surface area contributed by atoms with Gasteiger partial charge in [-0.1, -0.05) is 0 Å². The molecule has 1 amide bonds. The van der Waals surface area contributed by atoms with Crippen molar-refractivity contribution in [1.82, 2.24) is 9.62 Å². The summed E-state index contributed by atoms with van der Waals surface area (Å²) in [4.78, 5) is 13.8. The van der Waals surface area contributed by atoms with Crippen molar-refractivity contribution >= 4 is 15.9 Å². The molecule has 0 aromatic heterocycles. The van der Waals surface area contributed by atoms with Gasteiger partial charge in [0.25, 0.3) is 0 Å². The van der Waals surface area contributed by atoms with Crippen LogP contribution in [0.5, 0.6) is 0 Å². The topological polar surface area (TPSA) is 92.5 Å². The van der Waals surface area contributed by atoms with Crippen LogP contribution < -0.4 is 10.5 Å². The van der Waals surface area contributed by atoms with Gasteiger partial charge in [0.1, 0.15) is 0 Å². The molecule has 0 aliphatic carbocycles. The van der Waals surface area contributed by atoms with Crippen LogP contribution in [-0.4, -0.2) is 50.7 Å². The highest BCUT2D eigenvalue weighted by atomic mass is 32.2. The van der Waals surface area contributed by atoms with Gasteiger partial charge in [0.15, 0.2) is 0 Å². The highest BCUT2D eigenvalue weighted by Crippen LogP contribution is 2.17. The number of amides is 1. The standard InChI is InChI=1S/C10H21N3O3S/c1-8(12-17(2,15)16)10(14)13-6-4-3-5-9(13)7-11/h8-9,12H,3-7,11H2,1-2H3. The van der Waals surface area contributed by atoms with Gasteiger partial charge in [-0.25, -0.2) is 13.1 Å². The molecule has 0 aromatic rings. The van der Waals surface area contributed by atoms with Crippen molar-refractivity contribution in [2.45, 2.75) is 38.3 Å². The van der Waals surface area contributed by atoms with Crippen molar-refractivity contribution in [2.24, 2.45) is 5.73 Å². The number of carbonyl (C=O) groups is 1. The van der Waals surface area contributed by atoms with E-state index in [2.05, 4.69) is 4.72 Å². The molecule has 0 radical (unpaired) electrons. The van der Waals surface area contributed by atoms with E-state index in [1.807, 2.05) is 0 Å². The van der Waals surface area contributed by atoms with E-state index < -0.39 is 16.1 Å². The van der Waals surface area contributed by atoms with Crippen molar-refractivity contribution in [3.63, 3.8) is 0 Å². The Morgan fingerprint density at radius 2 is 2.18 bits per heavy atom. The molecule has 1 saturated heterocycles. The van der Waals surface area contributed by atoms with E-state index in [1.165, 1.54) is 0 Å². The maximum atomic E-state index is 12.1. The predicted octanol–water partition coefficient (Wildman–Crippen LogP) is -0.736. The van der Waals surface area contributed by atoms with E-state index in [0.29, 0.717) is 13.1 Å². The van der Waals surface area contributed by atoms with Crippen LogP contribution in [0.25, 0.3) is 0 Å². The minimum absolute atomic E-state index is 0.0417. The van der Waals surface area contributed by atoms with Crippen LogP contribution in [0.4, 0.5) is 0 Å². The lowest BCUT2D eigenvalue weighted by molar-refractivity contribution is -0.136. The Kier molecular flexibility index (Phi) is 4.91. The number of nitrogens with two attached hydrogens (primary N) is 1. The Balaban J connectivity index is 2.67. The summed E-state index contributed by atoms with van der Waals surface area (Å²) in [7, 11) is -3.36. The molecular formula is C10H21N3O3S. The van der Waals surface area contributed by atoms with E-state index in [0.717, 1.165) is 25.5 Å². The SMILES string of the molecule is CC(NS(C)(=O)=O)C(=O)N1CCCCC1CN. The predicted molar refractivity (Wildman–Crippen MR) is 65.8 cm³/mol. The number of nitrogens with zero attached hydrogens (tertiary/aromatic N) is 1. The Hall–Kier alpha value is -0.660. The second-order valence-electron chi connectivity index (χ2n) is 4.53. The Morgan fingerprint density at radius 3 is 2.71 bits per heavy atom. The summed E-state index contributed by atoms with van der Waals surface area (Å²) < 4.78 is 24.4. The van der Waals surface area contributed by atoms with Crippen molar-refractivity contribution < 1.29 is 13.2 Å². The summed E-state index contributed by atoms with van der Waals surface area (Å²) in [6.07, 6.45) is 3.97. The smallest absolute Gasteiger partial charge is 0.240 e. The van der Waals surface area contributed by atoms with Crippen LogP contribution in [0.1, 0.15) is 26.2 Å². The lowest BCUT2D eigenvalue weighted by atomic mass is 10.0. The van der Waals surface area contributed by atoms with Gasteiger partial charge in [0.2, 0.25) is 15.9 Å². The van der Waals surface area contributed by atoms with Crippen LogP contribution in [0, 0.1) is 0 Å². The molecule has 2 unspecified atom stereocenters. The third kappa shape index (κ3) is 4.25. The molecule has 100 valence electrons. The normalized spacial score (nSPS) is 23.5. The van der Waals surface area contributed by atoms with Gasteiger partial charge in [-0.3, -0.25) is 4.79 Å². The van der Waals surface area contributed by atoms with Gasteiger partial charge < -0.3 is 10.6 Å². The minimum atomic E-state index is -3.36. The number of hydrogen-bond acceptors (Lipinski definition) is 4. The average molecular weight is 263 g/mol. The first kappa shape index (κ1) is 14.4. The fourth-order valence-corrected chi connectivity index (χ4v) is 2.90. The summed E-state index contributed by atoms with van der Waals surface area (Å²) in [5.41, 5.74) is 5.63.